The molecule has 0 N–H and O–H groups in total. The van der Waals surface area contributed by atoms with Gasteiger partial charge in [0.2, 0.25) is 0 Å². The van der Waals surface area contributed by atoms with Gasteiger partial charge in [-0.1, -0.05) is 0 Å². The van der Waals surface area contributed by atoms with Crippen LogP contribution in [0, 0.1) is 10.2 Å². The third kappa shape index (κ3) is 2.76. The summed E-state index contributed by atoms with van der Waals surface area (Å²) in [6.07, 6.45) is 2.29. The van der Waals surface area contributed by atoms with E-state index in [1.165, 1.54) is 0 Å². The van der Waals surface area contributed by atoms with Crippen molar-refractivity contribution in [1.82, 2.24) is 0 Å². The van der Waals surface area contributed by atoms with Gasteiger partial charge in [0.15, 0.2) is 0 Å². The molecular weight excluding hydrogens is 327 g/mol. The number of ether oxygens (including phenoxy) is 1. The Hall–Kier alpha value is -1.95. The van der Waals surface area contributed by atoms with Gasteiger partial charge in [-0.05, 0) is 0 Å². The minimum atomic E-state index is -0.149. The van der Waals surface area contributed by atoms with Crippen LogP contribution in [0.4, 0.5) is 11.4 Å². The summed E-state index contributed by atoms with van der Waals surface area (Å²) >= 11 is -0.149. The first kappa shape index (κ1) is 14.0. The molecule has 1 aliphatic heterocycles. The number of hydrogen-bond donors (Lipinski definition) is 0. The van der Waals surface area contributed by atoms with Crippen LogP contribution in [0.25, 0.3) is 0 Å². The summed E-state index contributed by atoms with van der Waals surface area (Å²) in [5.41, 5.74) is 2.22. The van der Waals surface area contributed by atoms with Gasteiger partial charge in [0.05, 0.1) is 0 Å². The molecular formula is C17H16N2OSe. The molecule has 0 unspecified atom stereocenters. The number of hydrogen-bond acceptors (Lipinski definition) is 3. The number of rotatable bonds is 4. The number of nitrogens with zero attached hydrogens (tertiary/aromatic N) is 2. The zero-order valence-electron chi connectivity index (χ0n) is 11.9. The van der Waals surface area contributed by atoms with Gasteiger partial charge >= 0.3 is 131 Å². The van der Waals surface area contributed by atoms with E-state index in [1.807, 2.05) is 30.3 Å². The average Bonchev–Trinajstić information content (AvgIpc) is 2.51. The monoisotopic (exact) mass is 344 g/mol. The van der Waals surface area contributed by atoms with Crippen LogP contribution in [0.1, 0.15) is 19.8 Å². The van der Waals surface area contributed by atoms with Crippen LogP contribution in [0.3, 0.4) is 0 Å². The third-order valence-corrected chi connectivity index (χ3v) is 4.72. The van der Waals surface area contributed by atoms with Gasteiger partial charge in [0, 0.05) is 0 Å². The number of nitriles is 1. The van der Waals surface area contributed by atoms with Gasteiger partial charge in [-0.2, -0.15) is 0 Å². The van der Waals surface area contributed by atoms with Crippen LogP contribution in [0.15, 0.2) is 42.5 Å². The van der Waals surface area contributed by atoms with Crippen LogP contribution < -0.4 is 14.1 Å². The average molecular weight is 343 g/mol. The number of para-hydroxylation sites is 2. The van der Waals surface area contributed by atoms with Gasteiger partial charge in [-0.15, -0.1) is 0 Å². The molecule has 3 rings (SSSR count). The second kappa shape index (κ2) is 6.22. The molecule has 0 saturated carbocycles. The molecule has 0 atom stereocenters. The molecule has 1 aliphatic rings. The van der Waals surface area contributed by atoms with Crippen LogP contribution in [0.2, 0.25) is 0 Å². The fraction of sp³-hybridized carbons (Fsp3) is 0.235. The first-order chi connectivity index (χ1) is 10.3. The fourth-order valence-corrected chi connectivity index (χ4v) is 3.34. The van der Waals surface area contributed by atoms with Gasteiger partial charge < -0.3 is 0 Å². The van der Waals surface area contributed by atoms with Crippen molar-refractivity contribution in [1.29, 1.82) is 5.26 Å². The van der Waals surface area contributed by atoms with Crippen molar-refractivity contribution < 1.29 is 4.74 Å². The van der Waals surface area contributed by atoms with Gasteiger partial charge in [0.25, 0.3) is 0 Å². The van der Waals surface area contributed by atoms with E-state index in [-0.39, 0.29) is 15.0 Å². The Labute approximate surface area is 131 Å². The predicted octanol–water partition coefficient (Wildman–Crippen LogP) is 3.54. The van der Waals surface area contributed by atoms with Gasteiger partial charge in [-0.25, -0.2) is 0 Å². The Balaban J connectivity index is 2.03. The van der Waals surface area contributed by atoms with Crippen molar-refractivity contribution in [3.63, 3.8) is 0 Å². The van der Waals surface area contributed by atoms with E-state index in [0.29, 0.717) is 0 Å². The minimum absolute atomic E-state index is 0.149. The topological polar surface area (TPSA) is 36.3 Å². The van der Waals surface area contributed by atoms with E-state index in [1.54, 1.807) is 0 Å². The van der Waals surface area contributed by atoms with E-state index < -0.39 is 0 Å². The molecule has 0 fully saturated rings. The molecule has 0 saturated heterocycles. The molecule has 0 aliphatic carbocycles. The summed E-state index contributed by atoms with van der Waals surface area (Å²) in [6.45, 7) is 3.18. The first-order valence-electron chi connectivity index (χ1n) is 7.08. The summed E-state index contributed by atoms with van der Waals surface area (Å²) in [5.74, 6) is 1.75. The SMILES string of the molecule is CCCCN1c2ccccc2Oc2cc([Se]C#N)ccc21. The quantitative estimate of drug-likeness (QED) is 0.797. The Bertz CT molecular complexity index is 693. The molecule has 1 heterocycles. The van der Waals surface area contributed by atoms with Crippen molar-refractivity contribution in [2.45, 2.75) is 19.8 Å². The van der Waals surface area contributed by atoms with Gasteiger partial charge in [-0.3, -0.25) is 0 Å². The second-order valence-corrected chi connectivity index (χ2v) is 6.70. The normalized spacial score (nSPS) is 12.1. The molecule has 3 nitrogen and oxygen atoms in total. The fourth-order valence-electron chi connectivity index (χ4n) is 2.49. The number of fused-ring (bicyclic) bond motifs is 2. The molecule has 2 aromatic carbocycles. The molecule has 4 heteroatoms. The molecule has 0 aromatic heterocycles. The first-order valence-corrected chi connectivity index (χ1v) is 8.79. The van der Waals surface area contributed by atoms with Crippen molar-refractivity contribution in [2.24, 2.45) is 0 Å². The summed E-state index contributed by atoms with van der Waals surface area (Å²) in [4.78, 5) is 4.57. The maximum absolute atomic E-state index is 8.88. The number of anilines is 2. The summed E-state index contributed by atoms with van der Waals surface area (Å²) in [5, 5.41) is 8.88. The zero-order chi connectivity index (χ0) is 14.7. The van der Waals surface area contributed by atoms with Crippen molar-refractivity contribution in [3.05, 3.63) is 42.5 Å². The van der Waals surface area contributed by atoms with Crippen LogP contribution >= 0.6 is 0 Å². The molecule has 0 spiro atoms. The molecule has 2 aromatic rings. The molecule has 106 valence electrons. The van der Waals surface area contributed by atoms with Gasteiger partial charge in [0.1, 0.15) is 0 Å². The standard InChI is InChI=1S/C17H16N2OSe/c1-2-3-10-19-14-6-4-5-7-16(14)20-17-11-13(21-12-18)8-9-15(17)19/h4-9,11H,2-3,10H2,1H3. The van der Waals surface area contributed by atoms with E-state index in [9.17, 15) is 0 Å². The van der Waals surface area contributed by atoms with Crippen molar-refractivity contribution in [2.75, 3.05) is 11.4 Å². The Morgan fingerprint density at radius 3 is 2.76 bits per heavy atom. The number of benzene rings is 2. The molecule has 0 bridgehead atoms. The zero-order valence-corrected chi connectivity index (χ0v) is 13.6. The van der Waals surface area contributed by atoms with E-state index in [2.05, 4.69) is 28.9 Å². The van der Waals surface area contributed by atoms with Crippen molar-refractivity contribution in [3.8, 4) is 16.5 Å². The summed E-state index contributed by atoms with van der Waals surface area (Å²) < 4.78 is 7.09. The summed E-state index contributed by atoms with van der Waals surface area (Å²) in [7, 11) is 0. The summed E-state index contributed by atoms with van der Waals surface area (Å²) in [6, 6.07) is 14.3. The van der Waals surface area contributed by atoms with Crippen LogP contribution in [-0.4, -0.2) is 21.5 Å². The number of unbranched alkanes of at least 4 members (excludes halogenated alkanes) is 1. The molecule has 0 amide bonds. The van der Waals surface area contributed by atoms with E-state index >= 15 is 0 Å². The predicted molar refractivity (Wildman–Crippen MR) is 85.9 cm³/mol. The Kier molecular flexibility index (Phi) is 4.15. The third-order valence-electron chi connectivity index (χ3n) is 3.50. The van der Waals surface area contributed by atoms with E-state index in [0.717, 1.165) is 46.7 Å². The van der Waals surface area contributed by atoms with E-state index in [4.69, 9.17) is 10.00 Å². The molecule has 0 radical (unpaired) electrons. The van der Waals surface area contributed by atoms with Crippen LogP contribution in [0.5, 0.6) is 11.5 Å². The Morgan fingerprint density at radius 2 is 1.95 bits per heavy atom. The molecule has 21 heavy (non-hydrogen) atoms. The maximum atomic E-state index is 8.88. The second-order valence-electron chi connectivity index (χ2n) is 4.90. The van der Waals surface area contributed by atoms with Crippen molar-refractivity contribution >= 4 is 30.8 Å². The Morgan fingerprint density at radius 1 is 1.14 bits per heavy atom. The van der Waals surface area contributed by atoms with Crippen LogP contribution in [-0.2, 0) is 0 Å².